The van der Waals surface area contributed by atoms with Gasteiger partial charge in [-0.15, -0.1) is 21.9 Å². The SMILES string of the molecule is C=CCSCCNc1ccc2nnc(-c3ccccc3F)n2n1. The fourth-order valence-electron chi connectivity index (χ4n) is 2.11. The molecular formula is C16H16FN5S. The molecule has 3 aromatic rings. The van der Waals surface area contributed by atoms with Gasteiger partial charge in [0, 0.05) is 18.1 Å². The summed E-state index contributed by atoms with van der Waals surface area (Å²) in [6.07, 6.45) is 1.88. The van der Waals surface area contributed by atoms with Gasteiger partial charge in [-0.05, 0) is 24.3 Å². The predicted octanol–water partition coefficient (Wildman–Crippen LogP) is 3.26. The molecule has 0 saturated heterocycles. The van der Waals surface area contributed by atoms with E-state index in [1.54, 1.807) is 34.5 Å². The molecule has 0 aliphatic carbocycles. The standard InChI is InChI=1S/C16H16FN5S/c1-2-10-23-11-9-18-14-7-8-15-19-20-16(22(15)21-14)12-5-3-4-6-13(12)17/h2-8H,1,9-11H2,(H,18,21). The van der Waals surface area contributed by atoms with E-state index in [2.05, 4.69) is 27.2 Å². The Morgan fingerprint density at radius 1 is 1.22 bits per heavy atom. The highest BCUT2D eigenvalue weighted by atomic mass is 32.2. The van der Waals surface area contributed by atoms with E-state index in [4.69, 9.17) is 0 Å². The lowest BCUT2D eigenvalue weighted by Crippen LogP contribution is -2.08. The maximum Gasteiger partial charge on any atom is 0.188 e. The first-order chi connectivity index (χ1) is 11.3. The van der Waals surface area contributed by atoms with Gasteiger partial charge in [0.1, 0.15) is 11.6 Å². The fourth-order valence-corrected chi connectivity index (χ4v) is 2.69. The van der Waals surface area contributed by atoms with Gasteiger partial charge in [-0.3, -0.25) is 0 Å². The zero-order valence-corrected chi connectivity index (χ0v) is 13.3. The summed E-state index contributed by atoms with van der Waals surface area (Å²) >= 11 is 1.79. The van der Waals surface area contributed by atoms with Crippen molar-refractivity contribution in [1.29, 1.82) is 0 Å². The number of halogens is 1. The van der Waals surface area contributed by atoms with E-state index in [0.29, 0.717) is 22.9 Å². The number of nitrogens with zero attached hydrogens (tertiary/aromatic N) is 4. The molecule has 23 heavy (non-hydrogen) atoms. The topological polar surface area (TPSA) is 55.1 Å². The molecule has 1 aromatic carbocycles. The fraction of sp³-hybridized carbons (Fsp3) is 0.188. The summed E-state index contributed by atoms with van der Waals surface area (Å²) in [5.74, 6) is 2.63. The minimum Gasteiger partial charge on any atom is -0.368 e. The number of hydrogen-bond acceptors (Lipinski definition) is 5. The summed E-state index contributed by atoms with van der Waals surface area (Å²) in [6, 6.07) is 10.1. The van der Waals surface area contributed by atoms with Gasteiger partial charge in [0.05, 0.1) is 5.56 Å². The zero-order valence-electron chi connectivity index (χ0n) is 12.4. The number of anilines is 1. The van der Waals surface area contributed by atoms with Gasteiger partial charge in [0.15, 0.2) is 11.5 Å². The minimum atomic E-state index is -0.345. The Balaban J connectivity index is 1.83. The van der Waals surface area contributed by atoms with E-state index in [1.165, 1.54) is 6.07 Å². The average molecular weight is 329 g/mol. The number of aromatic nitrogens is 4. The van der Waals surface area contributed by atoms with Crippen LogP contribution in [0.5, 0.6) is 0 Å². The molecule has 5 nitrogen and oxygen atoms in total. The van der Waals surface area contributed by atoms with Crippen LogP contribution in [0.25, 0.3) is 17.0 Å². The maximum atomic E-state index is 14.0. The molecule has 0 radical (unpaired) electrons. The average Bonchev–Trinajstić information content (AvgIpc) is 2.98. The van der Waals surface area contributed by atoms with Crippen molar-refractivity contribution in [3.05, 3.63) is 54.9 Å². The molecule has 118 valence electrons. The first kappa shape index (κ1) is 15.5. The van der Waals surface area contributed by atoms with E-state index in [1.807, 2.05) is 18.2 Å². The molecule has 2 aromatic heterocycles. The number of benzene rings is 1. The zero-order chi connectivity index (χ0) is 16.1. The largest absolute Gasteiger partial charge is 0.368 e. The molecule has 7 heteroatoms. The van der Waals surface area contributed by atoms with Gasteiger partial charge >= 0.3 is 0 Å². The van der Waals surface area contributed by atoms with Crippen LogP contribution in [-0.4, -0.2) is 37.9 Å². The van der Waals surface area contributed by atoms with Crippen LogP contribution >= 0.6 is 11.8 Å². The molecule has 0 atom stereocenters. The van der Waals surface area contributed by atoms with Crippen LogP contribution in [0, 0.1) is 5.82 Å². The second kappa shape index (κ2) is 7.23. The Labute approximate surface area is 137 Å². The highest BCUT2D eigenvalue weighted by Gasteiger charge is 2.13. The summed E-state index contributed by atoms with van der Waals surface area (Å²) < 4.78 is 15.5. The molecule has 0 amide bonds. The predicted molar refractivity (Wildman–Crippen MR) is 92.2 cm³/mol. The molecule has 0 aliphatic heterocycles. The summed E-state index contributed by atoms with van der Waals surface area (Å²) in [7, 11) is 0. The second-order valence-electron chi connectivity index (χ2n) is 4.78. The molecule has 0 aliphatic rings. The van der Waals surface area contributed by atoms with Gasteiger partial charge in [0.25, 0.3) is 0 Å². The summed E-state index contributed by atoms with van der Waals surface area (Å²) in [6.45, 7) is 4.47. The van der Waals surface area contributed by atoms with E-state index in [-0.39, 0.29) is 5.82 Å². The monoisotopic (exact) mass is 329 g/mol. The Bertz CT molecular complexity index is 817. The summed E-state index contributed by atoms with van der Waals surface area (Å²) in [4.78, 5) is 0. The summed E-state index contributed by atoms with van der Waals surface area (Å²) in [5, 5.41) is 15.8. The molecule has 0 spiro atoms. The Kier molecular flexibility index (Phi) is 4.87. The third-order valence-electron chi connectivity index (χ3n) is 3.17. The Hall–Kier alpha value is -2.41. The highest BCUT2D eigenvalue weighted by Crippen LogP contribution is 2.21. The van der Waals surface area contributed by atoms with Crippen LogP contribution in [0.4, 0.5) is 10.2 Å². The van der Waals surface area contributed by atoms with Crippen molar-refractivity contribution in [2.24, 2.45) is 0 Å². The van der Waals surface area contributed by atoms with E-state index < -0.39 is 0 Å². The van der Waals surface area contributed by atoms with Gasteiger partial charge in [-0.1, -0.05) is 18.2 Å². The van der Waals surface area contributed by atoms with Crippen LogP contribution in [0.3, 0.4) is 0 Å². The van der Waals surface area contributed by atoms with Gasteiger partial charge in [0.2, 0.25) is 0 Å². The molecule has 0 fully saturated rings. The smallest absolute Gasteiger partial charge is 0.188 e. The van der Waals surface area contributed by atoms with Crippen LogP contribution in [0.2, 0.25) is 0 Å². The van der Waals surface area contributed by atoms with Gasteiger partial charge < -0.3 is 5.32 Å². The van der Waals surface area contributed by atoms with Crippen molar-refractivity contribution in [3.8, 4) is 11.4 Å². The quantitative estimate of drug-likeness (QED) is 0.533. The third kappa shape index (κ3) is 3.50. The lowest BCUT2D eigenvalue weighted by Gasteiger charge is -2.06. The lowest BCUT2D eigenvalue weighted by molar-refractivity contribution is 0.629. The second-order valence-corrected chi connectivity index (χ2v) is 5.93. The van der Waals surface area contributed by atoms with E-state index in [0.717, 1.165) is 18.1 Å². The van der Waals surface area contributed by atoms with Crippen molar-refractivity contribution in [2.75, 3.05) is 23.4 Å². The molecule has 0 saturated carbocycles. The Morgan fingerprint density at radius 2 is 2.09 bits per heavy atom. The number of hydrogen-bond donors (Lipinski definition) is 1. The van der Waals surface area contributed by atoms with Crippen molar-refractivity contribution < 1.29 is 4.39 Å². The number of nitrogens with one attached hydrogen (secondary N) is 1. The highest BCUT2D eigenvalue weighted by molar-refractivity contribution is 7.99. The summed E-state index contributed by atoms with van der Waals surface area (Å²) in [5.41, 5.74) is 0.959. The molecule has 2 heterocycles. The first-order valence-corrected chi connectivity index (χ1v) is 8.35. The lowest BCUT2D eigenvalue weighted by atomic mass is 10.2. The van der Waals surface area contributed by atoms with Crippen LogP contribution in [0.1, 0.15) is 0 Å². The number of fused-ring (bicyclic) bond motifs is 1. The van der Waals surface area contributed by atoms with Crippen LogP contribution in [-0.2, 0) is 0 Å². The maximum absolute atomic E-state index is 14.0. The van der Waals surface area contributed by atoms with Crippen molar-refractivity contribution in [1.82, 2.24) is 19.8 Å². The molecule has 3 rings (SSSR count). The third-order valence-corrected chi connectivity index (χ3v) is 4.13. The minimum absolute atomic E-state index is 0.345. The number of thioether (sulfide) groups is 1. The molecule has 1 N–H and O–H groups in total. The molecular weight excluding hydrogens is 313 g/mol. The normalized spacial score (nSPS) is 10.8. The first-order valence-electron chi connectivity index (χ1n) is 7.19. The Morgan fingerprint density at radius 3 is 2.91 bits per heavy atom. The van der Waals surface area contributed by atoms with Crippen LogP contribution in [0.15, 0.2) is 49.1 Å². The van der Waals surface area contributed by atoms with Gasteiger partial charge in [-0.2, -0.15) is 16.3 Å². The van der Waals surface area contributed by atoms with Crippen molar-refractivity contribution >= 4 is 23.2 Å². The van der Waals surface area contributed by atoms with Gasteiger partial charge in [-0.25, -0.2) is 4.39 Å². The molecule has 0 bridgehead atoms. The van der Waals surface area contributed by atoms with Crippen LogP contribution < -0.4 is 5.32 Å². The van der Waals surface area contributed by atoms with E-state index in [9.17, 15) is 4.39 Å². The number of rotatable bonds is 7. The van der Waals surface area contributed by atoms with Crippen molar-refractivity contribution in [3.63, 3.8) is 0 Å². The van der Waals surface area contributed by atoms with E-state index >= 15 is 0 Å². The van der Waals surface area contributed by atoms with Crippen molar-refractivity contribution in [2.45, 2.75) is 0 Å². The molecule has 0 unspecified atom stereocenters.